The minimum atomic E-state index is -1.34. The molecule has 1 amide bonds. The number of carboxylic acids is 1. The molecule has 0 saturated heterocycles. The van der Waals surface area contributed by atoms with E-state index in [1.807, 2.05) is 0 Å². The van der Waals surface area contributed by atoms with Gasteiger partial charge in [0.2, 0.25) is 17.4 Å². The number of hydrogen-bond acceptors (Lipinski definition) is 11. The van der Waals surface area contributed by atoms with Gasteiger partial charge in [-0.1, -0.05) is 0 Å². The van der Waals surface area contributed by atoms with Crippen molar-refractivity contribution >= 4 is 47.3 Å². The largest absolute Gasteiger partial charge is 0.501 e. The van der Waals surface area contributed by atoms with Crippen LogP contribution < -0.4 is 11.1 Å². The summed E-state index contributed by atoms with van der Waals surface area (Å²) in [4.78, 5) is 45.7. The van der Waals surface area contributed by atoms with Crippen LogP contribution in [0.3, 0.4) is 0 Å². The molecular weight excluding hydrogens is 428 g/mol. The van der Waals surface area contributed by atoms with Crippen LogP contribution in [0, 0.1) is 0 Å². The van der Waals surface area contributed by atoms with Gasteiger partial charge in [-0.2, -0.15) is 0 Å². The van der Waals surface area contributed by atoms with E-state index in [-0.39, 0.29) is 24.7 Å². The molecule has 0 rings (SSSR count). The molecule has 0 aliphatic carbocycles. The summed E-state index contributed by atoms with van der Waals surface area (Å²) in [5, 5.41) is 32.3. The van der Waals surface area contributed by atoms with Crippen LogP contribution in [0.15, 0.2) is 22.3 Å². The van der Waals surface area contributed by atoms with Gasteiger partial charge in [-0.15, -0.1) is 23.5 Å². The van der Waals surface area contributed by atoms with Crippen LogP contribution in [0.5, 0.6) is 0 Å². The number of rotatable bonds is 13. The first-order valence-corrected chi connectivity index (χ1v) is 10.4. The lowest BCUT2D eigenvalue weighted by Gasteiger charge is -2.16. The average molecular weight is 453 g/mol. The molecule has 0 aromatic carbocycles. The van der Waals surface area contributed by atoms with E-state index >= 15 is 0 Å². The predicted octanol–water partition coefficient (Wildman–Crippen LogP) is 0.275. The fraction of sp³-hybridized carbons (Fsp3) is 0.500. The highest BCUT2D eigenvalue weighted by molar-refractivity contribution is 8.02. The topological polar surface area (TPSA) is 185 Å². The van der Waals surface area contributed by atoms with Gasteiger partial charge in [-0.05, 0) is 13.8 Å². The lowest BCUT2D eigenvalue weighted by Crippen LogP contribution is -2.50. The minimum Gasteiger partial charge on any atom is -0.501 e. The molecule has 0 aliphatic rings. The zero-order valence-corrected chi connectivity index (χ0v) is 17.5. The summed E-state index contributed by atoms with van der Waals surface area (Å²) >= 11 is 1.66. The van der Waals surface area contributed by atoms with Crippen molar-refractivity contribution in [2.45, 2.75) is 25.9 Å². The first-order chi connectivity index (χ1) is 13.6. The van der Waals surface area contributed by atoms with Crippen LogP contribution in [-0.4, -0.2) is 75.9 Å². The predicted molar refractivity (Wildman–Crippen MR) is 107 cm³/mol. The Hall–Kier alpha value is -2.38. The van der Waals surface area contributed by atoms with Crippen molar-refractivity contribution in [3.05, 3.63) is 22.3 Å². The Morgan fingerprint density at radius 3 is 1.79 bits per heavy atom. The van der Waals surface area contributed by atoms with Crippen molar-refractivity contribution in [1.82, 2.24) is 5.32 Å². The number of carbonyl (C=O) groups excluding carboxylic acids is 3. The molecule has 2 atom stereocenters. The van der Waals surface area contributed by atoms with Gasteiger partial charge in [0, 0.05) is 22.3 Å². The number of nitrogens with two attached hydrogens (primary N) is 1. The number of carbonyl (C=O) groups is 4. The maximum absolute atomic E-state index is 12.0. The maximum atomic E-state index is 12.0. The van der Waals surface area contributed by atoms with Crippen molar-refractivity contribution in [1.29, 1.82) is 0 Å². The number of aliphatic hydroxyl groups excluding tert-OH is 2. The van der Waals surface area contributed by atoms with E-state index in [0.29, 0.717) is 0 Å². The lowest BCUT2D eigenvalue weighted by molar-refractivity contribution is -0.142. The molecule has 0 aliphatic heterocycles. The van der Waals surface area contributed by atoms with Crippen LogP contribution in [0.1, 0.15) is 13.8 Å². The second-order valence-electron chi connectivity index (χ2n) is 5.12. The number of carboxylic acid groups (broad SMARTS) is 1. The highest BCUT2D eigenvalue weighted by Gasteiger charge is 2.23. The Balaban J connectivity index is 4.60. The molecule has 0 bridgehead atoms. The van der Waals surface area contributed by atoms with Gasteiger partial charge >= 0.3 is 17.9 Å². The van der Waals surface area contributed by atoms with Crippen molar-refractivity contribution in [2.75, 3.05) is 24.7 Å². The van der Waals surface area contributed by atoms with Gasteiger partial charge in [0.1, 0.15) is 6.04 Å². The number of hydrogen-bond donors (Lipinski definition) is 5. The normalized spacial score (nSPS) is 13.9. The fourth-order valence-corrected chi connectivity index (χ4v) is 2.97. The lowest BCUT2D eigenvalue weighted by atomic mass is 10.3. The number of ether oxygens (including phenoxy) is 2. The van der Waals surface area contributed by atoms with Crippen molar-refractivity contribution in [2.24, 2.45) is 5.73 Å². The van der Waals surface area contributed by atoms with E-state index < -0.39 is 47.4 Å². The second-order valence-corrected chi connectivity index (χ2v) is 6.92. The van der Waals surface area contributed by atoms with Gasteiger partial charge in [-0.3, -0.25) is 4.79 Å². The number of amides is 1. The number of nitrogens with one attached hydrogen (secondary N) is 1. The van der Waals surface area contributed by atoms with E-state index in [1.165, 1.54) is 0 Å². The summed E-state index contributed by atoms with van der Waals surface area (Å²) < 4.78 is 9.13. The third-order valence-corrected chi connectivity index (χ3v) is 4.71. The van der Waals surface area contributed by atoms with Crippen LogP contribution in [0.25, 0.3) is 0 Å². The quantitative estimate of drug-likeness (QED) is 0.146. The van der Waals surface area contributed by atoms with Crippen molar-refractivity contribution in [3.63, 3.8) is 0 Å². The molecule has 13 heteroatoms. The summed E-state index contributed by atoms with van der Waals surface area (Å²) in [7, 11) is 0. The monoisotopic (exact) mass is 452 g/mol. The molecule has 29 heavy (non-hydrogen) atoms. The summed E-state index contributed by atoms with van der Waals surface area (Å²) in [6.45, 7) is 3.29. The molecule has 0 heterocycles. The van der Waals surface area contributed by atoms with Gasteiger partial charge in [0.25, 0.3) is 0 Å². The van der Waals surface area contributed by atoms with E-state index in [9.17, 15) is 34.5 Å². The van der Waals surface area contributed by atoms with E-state index in [0.717, 1.165) is 34.3 Å². The molecule has 0 radical (unpaired) electrons. The zero-order valence-electron chi connectivity index (χ0n) is 15.8. The standard InChI is InChI=1S/C16H24N2O9S2/c1-3-26-15(24)11(19)7-28-5-9(17)13(21)18-10(14(22)23)6-29-8-12(20)16(25)27-4-2/h7-10,19-20H,3-6,17H2,1-2H3,(H,18,21)(H,22,23)/b11-7-,12-8-. The van der Waals surface area contributed by atoms with Crippen molar-refractivity contribution < 1.29 is 44.0 Å². The van der Waals surface area contributed by atoms with Gasteiger partial charge < -0.3 is 35.8 Å². The summed E-state index contributed by atoms with van der Waals surface area (Å²) in [6.07, 6.45) is 0. The van der Waals surface area contributed by atoms with Crippen LogP contribution in [0.2, 0.25) is 0 Å². The van der Waals surface area contributed by atoms with E-state index in [4.69, 9.17) is 5.73 Å². The third-order valence-electron chi connectivity index (χ3n) is 2.85. The Bertz CT molecular complexity index is 652. The van der Waals surface area contributed by atoms with Gasteiger partial charge in [0.15, 0.2) is 0 Å². The minimum absolute atomic E-state index is 0.0433. The summed E-state index contributed by atoms with van der Waals surface area (Å²) in [6, 6.07) is -2.46. The Kier molecular flexibility index (Phi) is 13.4. The van der Waals surface area contributed by atoms with E-state index in [2.05, 4.69) is 14.8 Å². The molecule has 0 fully saturated rings. The molecule has 6 N–H and O–H groups in total. The maximum Gasteiger partial charge on any atom is 0.373 e. The molecule has 164 valence electrons. The number of esters is 2. The first kappa shape index (κ1) is 26.6. The number of thioether (sulfide) groups is 2. The highest BCUT2D eigenvalue weighted by atomic mass is 32.2. The SMILES string of the molecule is CCOC(=O)/C(O)=C/SCC(N)C(=O)NC(CS/C=C(\O)C(=O)OCC)C(=O)O. The Morgan fingerprint density at radius 1 is 0.931 bits per heavy atom. The van der Waals surface area contributed by atoms with Crippen LogP contribution in [0.4, 0.5) is 0 Å². The van der Waals surface area contributed by atoms with Crippen molar-refractivity contribution in [3.8, 4) is 0 Å². The molecular formula is C16H24N2O9S2. The van der Waals surface area contributed by atoms with Crippen LogP contribution >= 0.6 is 23.5 Å². The average Bonchev–Trinajstić information content (AvgIpc) is 2.66. The van der Waals surface area contributed by atoms with Crippen LogP contribution in [-0.2, 0) is 28.7 Å². The second kappa shape index (κ2) is 14.6. The van der Waals surface area contributed by atoms with E-state index in [1.54, 1.807) is 13.8 Å². The van der Waals surface area contributed by atoms with Gasteiger partial charge in [0.05, 0.1) is 19.3 Å². The molecule has 11 nitrogen and oxygen atoms in total. The summed E-state index contributed by atoms with van der Waals surface area (Å²) in [5.41, 5.74) is 5.66. The molecule has 0 aromatic heterocycles. The highest BCUT2D eigenvalue weighted by Crippen LogP contribution is 2.11. The zero-order chi connectivity index (χ0) is 22.4. The Morgan fingerprint density at radius 2 is 1.38 bits per heavy atom. The molecule has 0 aromatic rings. The molecule has 2 unspecified atom stereocenters. The molecule has 0 saturated carbocycles. The third kappa shape index (κ3) is 11.3. The number of aliphatic carboxylic acids is 1. The smallest absolute Gasteiger partial charge is 0.373 e. The summed E-state index contributed by atoms with van der Waals surface area (Å²) in [5.74, 6) is -5.53. The number of aliphatic hydroxyl groups is 2. The fourth-order valence-electron chi connectivity index (χ4n) is 1.49. The van der Waals surface area contributed by atoms with Gasteiger partial charge in [-0.25, -0.2) is 14.4 Å². The first-order valence-electron chi connectivity index (χ1n) is 8.28. The molecule has 0 spiro atoms. The Labute approximate surface area is 175 Å².